The molecule has 1 aromatic carbocycles. The Balaban J connectivity index is 1.41. The molecule has 0 spiro atoms. The van der Waals surface area contributed by atoms with E-state index in [-0.39, 0.29) is 17.8 Å². The van der Waals surface area contributed by atoms with Gasteiger partial charge in [-0.2, -0.15) is 5.10 Å². The van der Waals surface area contributed by atoms with Gasteiger partial charge in [0.2, 0.25) is 0 Å². The minimum atomic E-state index is -0.296. The summed E-state index contributed by atoms with van der Waals surface area (Å²) in [5.74, 6) is 0.529. The van der Waals surface area contributed by atoms with Crippen LogP contribution in [0.5, 0.6) is 0 Å². The molecular weight excluding hydrogens is 421 g/mol. The summed E-state index contributed by atoms with van der Waals surface area (Å²) >= 11 is 0. The van der Waals surface area contributed by atoms with Crippen molar-refractivity contribution in [2.45, 2.75) is 25.6 Å². The van der Waals surface area contributed by atoms with Crippen LogP contribution in [0.1, 0.15) is 12.5 Å². The van der Waals surface area contributed by atoms with Crippen LogP contribution in [0, 0.1) is 11.7 Å². The van der Waals surface area contributed by atoms with Crippen LogP contribution in [-0.4, -0.2) is 57.1 Å². The summed E-state index contributed by atoms with van der Waals surface area (Å²) in [6, 6.07) is 5.65. The fraction of sp³-hybridized carbons (Fsp3) is 0.320. The first-order chi connectivity index (χ1) is 16.2. The van der Waals surface area contributed by atoms with Gasteiger partial charge in [0.25, 0.3) is 0 Å². The monoisotopic (exact) mass is 445 g/mol. The number of allylic oxidation sites excluding steroid dienone is 1. The van der Waals surface area contributed by atoms with E-state index in [1.165, 1.54) is 6.07 Å². The van der Waals surface area contributed by atoms with Crippen LogP contribution < -0.4 is 0 Å². The molecule has 1 saturated heterocycles. The fourth-order valence-corrected chi connectivity index (χ4v) is 4.86. The molecule has 4 heterocycles. The molecular formula is C25H24FN5O2. The van der Waals surface area contributed by atoms with Crippen molar-refractivity contribution in [3.8, 4) is 11.1 Å². The Hall–Kier alpha value is -3.52. The molecule has 0 N–H and O–H groups in total. The zero-order chi connectivity index (χ0) is 22.5. The van der Waals surface area contributed by atoms with E-state index in [1.54, 1.807) is 25.7 Å². The summed E-state index contributed by atoms with van der Waals surface area (Å²) in [4.78, 5) is 6.85. The molecule has 8 heteroatoms. The van der Waals surface area contributed by atoms with Gasteiger partial charge in [0, 0.05) is 29.2 Å². The van der Waals surface area contributed by atoms with E-state index in [0.717, 1.165) is 42.0 Å². The number of methoxy groups -OCH3 is 1. The highest BCUT2D eigenvalue weighted by Crippen LogP contribution is 2.40. The third-order valence-electron chi connectivity index (χ3n) is 6.74. The smallest absolute Gasteiger partial charge is 0.183 e. The number of halogens is 1. The lowest BCUT2D eigenvalue weighted by Crippen LogP contribution is -2.50. The Labute approximate surface area is 190 Å². The maximum atomic E-state index is 15.1. The molecule has 3 aliphatic rings. The Morgan fingerprint density at radius 3 is 2.85 bits per heavy atom. The molecule has 2 unspecified atom stereocenters. The molecule has 2 aromatic heterocycles. The molecule has 168 valence electrons. The van der Waals surface area contributed by atoms with Crippen molar-refractivity contribution in [2.75, 3.05) is 20.3 Å². The van der Waals surface area contributed by atoms with E-state index in [9.17, 15) is 0 Å². The molecule has 3 aromatic rings. The van der Waals surface area contributed by atoms with Crippen molar-refractivity contribution >= 4 is 16.7 Å². The van der Waals surface area contributed by atoms with Gasteiger partial charge in [0.1, 0.15) is 17.1 Å². The molecule has 33 heavy (non-hydrogen) atoms. The third-order valence-corrected chi connectivity index (χ3v) is 6.74. The van der Waals surface area contributed by atoms with Gasteiger partial charge < -0.3 is 18.9 Å². The van der Waals surface area contributed by atoms with Crippen molar-refractivity contribution in [3.05, 3.63) is 72.3 Å². The van der Waals surface area contributed by atoms with E-state index in [0.29, 0.717) is 23.0 Å². The molecule has 0 bridgehead atoms. The van der Waals surface area contributed by atoms with Gasteiger partial charge in [0.15, 0.2) is 5.65 Å². The number of aryl methyl sites for hydroxylation is 1. The Morgan fingerprint density at radius 2 is 2.09 bits per heavy atom. The number of fused-ring (bicyclic) bond motifs is 2. The summed E-state index contributed by atoms with van der Waals surface area (Å²) in [5, 5.41) is 8.40. The summed E-state index contributed by atoms with van der Waals surface area (Å²) in [6.45, 7) is 4.25. The Kier molecular flexibility index (Phi) is 4.76. The minimum Gasteiger partial charge on any atom is -0.496 e. The molecule has 2 aliphatic heterocycles. The van der Waals surface area contributed by atoms with Crippen LogP contribution >= 0.6 is 0 Å². The maximum Gasteiger partial charge on any atom is 0.183 e. The average Bonchev–Trinajstić information content (AvgIpc) is 3.41. The lowest BCUT2D eigenvalue weighted by atomic mass is 9.87. The largest absolute Gasteiger partial charge is 0.496 e. The van der Waals surface area contributed by atoms with Crippen LogP contribution in [0.25, 0.3) is 27.9 Å². The van der Waals surface area contributed by atoms with Crippen molar-refractivity contribution in [2.24, 2.45) is 5.92 Å². The lowest BCUT2D eigenvalue weighted by molar-refractivity contribution is -0.0548. The van der Waals surface area contributed by atoms with Gasteiger partial charge in [-0.15, -0.1) is 5.10 Å². The average molecular weight is 445 g/mol. The van der Waals surface area contributed by atoms with Crippen molar-refractivity contribution in [1.29, 1.82) is 0 Å². The second-order valence-corrected chi connectivity index (χ2v) is 8.52. The zero-order valence-electron chi connectivity index (χ0n) is 18.5. The normalized spacial score (nSPS) is 22.2. The topological polar surface area (TPSA) is 65.3 Å². The zero-order valence-corrected chi connectivity index (χ0v) is 18.5. The van der Waals surface area contributed by atoms with Gasteiger partial charge in [0.05, 0.1) is 44.9 Å². The highest BCUT2D eigenvalue weighted by Gasteiger charge is 2.38. The highest BCUT2D eigenvalue weighted by atomic mass is 19.1. The van der Waals surface area contributed by atoms with Gasteiger partial charge in [-0.25, -0.2) is 9.37 Å². The number of rotatable bonds is 5. The minimum absolute atomic E-state index is 0.150. The number of imidazole rings is 1. The maximum absolute atomic E-state index is 15.1. The van der Waals surface area contributed by atoms with Crippen LogP contribution in [0.15, 0.2) is 60.9 Å². The van der Waals surface area contributed by atoms with Crippen LogP contribution in [0.4, 0.5) is 4.39 Å². The van der Waals surface area contributed by atoms with Crippen molar-refractivity contribution < 1.29 is 13.9 Å². The van der Waals surface area contributed by atoms with Gasteiger partial charge in [-0.1, -0.05) is 18.2 Å². The standard InChI is InChI=1S/C25H24FN5O2/c1-3-30-14-27-24-20(11-28-29-25(24)30)15-4-5-21(26)18(8-15)19-9-16-6-7-31(17-12-33-13-17)22(16)10-23(19)32-2/h4-11,14,16-17,22H,3,12-13H2,1-2H3. The summed E-state index contributed by atoms with van der Waals surface area (Å²) in [7, 11) is 1.63. The molecule has 6 rings (SSSR count). The molecule has 1 fully saturated rings. The first-order valence-electron chi connectivity index (χ1n) is 11.2. The number of nitrogens with zero attached hydrogens (tertiary/aromatic N) is 5. The number of hydrogen-bond acceptors (Lipinski definition) is 6. The lowest BCUT2D eigenvalue weighted by Gasteiger charge is -2.40. The fourth-order valence-electron chi connectivity index (χ4n) is 4.86. The van der Waals surface area contributed by atoms with Crippen molar-refractivity contribution in [3.63, 3.8) is 0 Å². The van der Waals surface area contributed by atoms with E-state index in [2.05, 4.69) is 44.5 Å². The predicted octanol–water partition coefficient (Wildman–Crippen LogP) is 3.79. The van der Waals surface area contributed by atoms with E-state index < -0.39 is 0 Å². The first-order valence-corrected chi connectivity index (χ1v) is 11.2. The second-order valence-electron chi connectivity index (χ2n) is 8.52. The number of hydrogen-bond donors (Lipinski definition) is 0. The van der Waals surface area contributed by atoms with E-state index in [4.69, 9.17) is 9.47 Å². The van der Waals surface area contributed by atoms with Gasteiger partial charge >= 0.3 is 0 Å². The van der Waals surface area contributed by atoms with E-state index in [1.807, 2.05) is 17.6 Å². The Morgan fingerprint density at radius 1 is 1.21 bits per heavy atom. The third kappa shape index (κ3) is 3.16. The van der Waals surface area contributed by atoms with Crippen molar-refractivity contribution in [1.82, 2.24) is 24.6 Å². The summed E-state index contributed by atoms with van der Waals surface area (Å²) in [5.41, 5.74) is 4.38. The van der Waals surface area contributed by atoms with Crippen LogP contribution in [0.2, 0.25) is 0 Å². The van der Waals surface area contributed by atoms with Gasteiger partial charge in [-0.05, 0) is 36.9 Å². The van der Waals surface area contributed by atoms with E-state index >= 15 is 4.39 Å². The molecule has 0 amide bonds. The number of ether oxygens (including phenoxy) is 2. The number of benzene rings is 1. The first kappa shape index (κ1) is 20.1. The van der Waals surface area contributed by atoms with Crippen LogP contribution in [0.3, 0.4) is 0 Å². The molecule has 0 radical (unpaired) electrons. The molecule has 0 saturated carbocycles. The second kappa shape index (κ2) is 7.81. The molecule has 1 aliphatic carbocycles. The molecule has 7 nitrogen and oxygen atoms in total. The van der Waals surface area contributed by atoms with Crippen LogP contribution in [-0.2, 0) is 16.0 Å². The predicted molar refractivity (Wildman–Crippen MR) is 122 cm³/mol. The SMILES string of the molecule is CCn1cnc2c(-c3ccc(F)c(C4=CC5C=CN(C6COC6)C5C=C4OC)c3)cnnc21. The summed E-state index contributed by atoms with van der Waals surface area (Å²) in [6.07, 6.45) is 11.9. The Bertz CT molecular complexity index is 1320. The molecule has 2 atom stereocenters. The number of aromatic nitrogens is 4. The summed E-state index contributed by atoms with van der Waals surface area (Å²) < 4.78 is 28.2. The highest BCUT2D eigenvalue weighted by molar-refractivity contribution is 5.91. The van der Waals surface area contributed by atoms with Gasteiger partial charge in [-0.3, -0.25) is 0 Å². The quantitative estimate of drug-likeness (QED) is 0.595.